The van der Waals surface area contributed by atoms with Crippen molar-refractivity contribution < 1.29 is 34.4 Å². The number of fused-ring (bicyclic) bond motifs is 6. The number of carbonyl (C=O) groups is 1. The molecule has 6 rings (SSSR count). The molecule has 0 aliphatic carbocycles. The van der Waals surface area contributed by atoms with Gasteiger partial charge >= 0.3 is 0 Å². The number of carbonyl (C=O) groups excluding carboxylic acids is 1. The van der Waals surface area contributed by atoms with Crippen molar-refractivity contribution in [1.29, 1.82) is 0 Å². The number of hydrogen-bond donors (Lipinski definition) is 1. The van der Waals surface area contributed by atoms with Gasteiger partial charge in [-0.2, -0.15) is 11.3 Å². The summed E-state index contributed by atoms with van der Waals surface area (Å²) >= 11 is 3.52. The predicted octanol–water partition coefficient (Wildman–Crippen LogP) is 12.5. The van der Waals surface area contributed by atoms with E-state index in [4.69, 9.17) is 9.40 Å². The molecule has 5 nitrogen and oxygen atoms in total. The molecule has 0 saturated carbocycles. The van der Waals surface area contributed by atoms with E-state index in [9.17, 15) is 9.90 Å². The summed E-state index contributed by atoms with van der Waals surface area (Å²) < 4.78 is 8.81. The average Bonchev–Trinajstić information content (AvgIpc) is 3.79. The van der Waals surface area contributed by atoms with Crippen LogP contribution in [0.2, 0.25) is 0 Å². The Morgan fingerprint density at radius 3 is 2.23 bits per heavy atom. The maximum Gasteiger partial charge on any atom is 0.223 e. The molecule has 0 saturated heterocycles. The van der Waals surface area contributed by atoms with Gasteiger partial charge in [-0.3, -0.25) is 9.78 Å². The summed E-state index contributed by atoms with van der Waals surface area (Å²) in [6.45, 7) is 21.0. The third-order valence-electron chi connectivity index (χ3n) is 10.3. The summed E-state index contributed by atoms with van der Waals surface area (Å²) in [6, 6.07) is 12.3. The second-order valence-corrected chi connectivity index (χ2v) is 16.0. The Kier molecular flexibility index (Phi) is 11.5. The van der Waals surface area contributed by atoms with E-state index in [1.807, 2.05) is 41.5 Å². The van der Waals surface area contributed by atoms with Gasteiger partial charge in [-0.15, -0.1) is 34.9 Å². The molecule has 8 heteroatoms. The van der Waals surface area contributed by atoms with E-state index in [-0.39, 0.29) is 47.9 Å². The van der Waals surface area contributed by atoms with Gasteiger partial charge in [0, 0.05) is 63.6 Å². The van der Waals surface area contributed by atoms with Crippen molar-refractivity contribution in [3.63, 3.8) is 0 Å². The Hall–Kier alpha value is -2.90. The number of aliphatic hydroxyl groups excluding tert-OH is 1. The molecule has 48 heavy (non-hydrogen) atoms. The third-order valence-corrected chi connectivity index (χ3v) is 12.3. The van der Waals surface area contributed by atoms with Crippen molar-refractivity contribution >= 4 is 70.7 Å². The molecule has 6 aromatic rings. The van der Waals surface area contributed by atoms with Crippen LogP contribution in [0.5, 0.6) is 0 Å². The summed E-state index contributed by atoms with van der Waals surface area (Å²) in [4.78, 5) is 21.4. The van der Waals surface area contributed by atoms with Gasteiger partial charge in [0.1, 0.15) is 17.7 Å². The maximum absolute atomic E-state index is 12.2. The van der Waals surface area contributed by atoms with Crippen LogP contribution in [-0.4, -0.2) is 20.9 Å². The Balaban J connectivity index is 0.000000251. The molecule has 0 aliphatic rings. The molecule has 0 fully saturated rings. The molecular formula is C40H47IrN2O3S2-. The first-order chi connectivity index (χ1) is 22.2. The minimum atomic E-state index is -0.337. The van der Waals surface area contributed by atoms with Crippen LogP contribution in [-0.2, 0) is 30.3 Å². The second-order valence-electron chi connectivity index (χ2n) is 14.2. The fraction of sp³-hybridized carbons (Fsp3) is 0.425. The molecule has 1 N–H and O–H groups in total. The summed E-state index contributed by atoms with van der Waals surface area (Å²) in [5.74, 6) is 0.286. The maximum atomic E-state index is 12.2. The number of allylic oxidation sites excluding steroid dienone is 2. The summed E-state index contributed by atoms with van der Waals surface area (Å²) in [6.07, 6.45) is 6.35. The van der Waals surface area contributed by atoms with Gasteiger partial charge in [-0.1, -0.05) is 73.4 Å². The van der Waals surface area contributed by atoms with Crippen LogP contribution < -0.4 is 0 Å². The van der Waals surface area contributed by atoms with Gasteiger partial charge in [0.25, 0.3) is 0 Å². The van der Waals surface area contributed by atoms with Crippen LogP contribution >= 0.6 is 22.7 Å². The van der Waals surface area contributed by atoms with Crippen molar-refractivity contribution in [3.05, 3.63) is 70.4 Å². The number of furan rings is 1. The van der Waals surface area contributed by atoms with Gasteiger partial charge in [-0.25, -0.2) is 4.98 Å². The van der Waals surface area contributed by atoms with E-state index < -0.39 is 0 Å². The number of nitrogens with zero attached hydrogens (tertiary/aromatic N) is 2. The molecule has 2 aromatic carbocycles. The van der Waals surface area contributed by atoms with Gasteiger partial charge in [0.2, 0.25) is 5.71 Å². The monoisotopic (exact) mass is 860 g/mol. The standard InChI is InChI=1S/C25H19N2OS2.C15H28O2.Ir/c1-13-11-30-18-6-5-16-20-21(26-12-27-24(20)28-22(16)19(13)18)15-9-14-7-8-29-23(14)17(10-15)25(2,3)4;1-7-14(5,8-2)12(16)11-13(17)15(6,9-3)10-4;/h5-8,10-12H,1-4H3;11,16H,7-10H2,1-6H3;/q-1;;/b;12-11-;. The first kappa shape index (κ1) is 37.9. The molecule has 0 bridgehead atoms. The SMILES string of the molecule is CCC(C)(CC)C(=O)/C=C(\O)C(C)(CC)CC.Cc1csc2ccc3c(oc4ncnc(-c5[c-]c6ccsc6c(C(C)(C)C)c5)c43)c12.[Ir]. The van der Waals surface area contributed by atoms with E-state index in [0.29, 0.717) is 5.71 Å². The van der Waals surface area contributed by atoms with E-state index in [1.54, 1.807) is 29.0 Å². The summed E-state index contributed by atoms with van der Waals surface area (Å²) in [5, 5.41) is 18.8. The van der Waals surface area contributed by atoms with E-state index in [2.05, 4.69) is 73.8 Å². The topological polar surface area (TPSA) is 76.2 Å². The molecule has 4 aromatic heterocycles. The van der Waals surface area contributed by atoms with Crippen molar-refractivity contribution in [1.82, 2.24) is 9.97 Å². The minimum Gasteiger partial charge on any atom is -0.512 e. The Bertz CT molecular complexity index is 2100. The van der Waals surface area contributed by atoms with Gasteiger partial charge in [0.05, 0.1) is 0 Å². The molecule has 4 heterocycles. The van der Waals surface area contributed by atoms with Crippen molar-refractivity contribution in [2.24, 2.45) is 10.8 Å². The molecule has 257 valence electrons. The zero-order chi connectivity index (χ0) is 34.3. The Morgan fingerprint density at radius 1 is 0.938 bits per heavy atom. The average molecular weight is 860 g/mol. The largest absolute Gasteiger partial charge is 0.512 e. The quantitative estimate of drug-likeness (QED) is 0.0937. The van der Waals surface area contributed by atoms with Crippen LogP contribution in [0, 0.1) is 23.8 Å². The van der Waals surface area contributed by atoms with Crippen LogP contribution in [0.1, 0.15) is 99.1 Å². The molecule has 1 radical (unpaired) electrons. The second kappa shape index (κ2) is 14.5. The predicted molar refractivity (Wildman–Crippen MR) is 201 cm³/mol. The van der Waals surface area contributed by atoms with Crippen LogP contribution in [0.15, 0.2) is 57.6 Å². The molecule has 0 aliphatic heterocycles. The Labute approximate surface area is 306 Å². The normalized spacial score (nSPS) is 12.8. The number of benzene rings is 2. The third kappa shape index (κ3) is 6.92. The van der Waals surface area contributed by atoms with Gasteiger partial charge < -0.3 is 9.52 Å². The van der Waals surface area contributed by atoms with Crippen molar-refractivity contribution in [3.8, 4) is 11.3 Å². The number of aliphatic hydroxyl groups is 1. The Morgan fingerprint density at radius 2 is 1.60 bits per heavy atom. The molecular weight excluding hydrogens is 813 g/mol. The molecule has 0 atom stereocenters. The fourth-order valence-electron chi connectivity index (χ4n) is 5.92. The smallest absolute Gasteiger partial charge is 0.223 e. The number of aromatic nitrogens is 2. The van der Waals surface area contributed by atoms with E-state index in [1.165, 1.54) is 32.0 Å². The number of thiophene rings is 2. The number of rotatable bonds is 8. The molecule has 0 spiro atoms. The van der Waals surface area contributed by atoms with Crippen LogP contribution in [0.25, 0.3) is 53.5 Å². The molecule has 0 amide bonds. The number of ketones is 1. The zero-order valence-corrected chi connectivity index (χ0v) is 33.8. The fourth-order valence-corrected chi connectivity index (χ4v) is 7.93. The van der Waals surface area contributed by atoms with Crippen molar-refractivity contribution in [2.75, 3.05) is 0 Å². The number of aryl methyl sites for hydroxylation is 1. The van der Waals surface area contributed by atoms with E-state index >= 15 is 0 Å². The molecule has 0 unspecified atom stereocenters. The van der Waals surface area contributed by atoms with Crippen molar-refractivity contribution in [2.45, 2.75) is 100 Å². The van der Waals surface area contributed by atoms with Gasteiger partial charge in [0.15, 0.2) is 5.78 Å². The first-order valence-corrected chi connectivity index (χ1v) is 18.4. The number of hydrogen-bond acceptors (Lipinski definition) is 7. The minimum absolute atomic E-state index is 0. The summed E-state index contributed by atoms with van der Waals surface area (Å²) in [7, 11) is 0. The van der Waals surface area contributed by atoms with Gasteiger partial charge in [-0.05, 0) is 71.2 Å². The first-order valence-electron chi connectivity index (χ1n) is 16.6. The summed E-state index contributed by atoms with van der Waals surface area (Å²) in [5.41, 5.74) is 5.37. The van der Waals surface area contributed by atoms with E-state index in [0.717, 1.165) is 58.7 Å². The van der Waals surface area contributed by atoms with Crippen LogP contribution in [0.4, 0.5) is 0 Å². The zero-order valence-electron chi connectivity index (χ0n) is 29.8. The van der Waals surface area contributed by atoms with Crippen LogP contribution in [0.3, 0.4) is 0 Å².